The van der Waals surface area contributed by atoms with Gasteiger partial charge in [-0.1, -0.05) is 25.1 Å². The van der Waals surface area contributed by atoms with Gasteiger partial charge in [-0.3, -0.25) is 4.79 Å². The highest BCUT2D eigenvalue weighted by Gasteiger charge is 2.28. The first-order chi connectivity index (χ1) is 9.61. The van der Waals surface area contributed by atoms with E-state index in [0.717, 1.165) is 19.5 Å². The van der Waals surface area contributed by atoms with Gasteiger partial charge in [-0.15, -0.1) is 0 Å². The first kappa shape index (κ1) is 15.0. The number of hydrogen-bond acceptors (Lipinski definition) is 2. The van der Waals surface area contributed by atoms with Gasteiger partial charge in [0.1, 0.15) is 5.82 Å². The predicted molar refractivity (Wildman–Crippen MR) is 77.6 cm³/mol. The van der Waals surface area contributed by atoms with Crippen LogP contribution in [-0.4, -0.2) is 30.4 Å². The van der Waals surface area contributed by atoms with Crippen molar-refractivity contribution >= 4 is 5.91 Å². The lowest BCUT2D eigenvalue weighted by Crippen LogP contribution is -2.34. The third-order valence-electron chi connectivity index (χ3n) is 4.16. The monoisotopic (exact) mass is 278 g/mol. The molecule has 0 spiro atoms. The van der Waals surface area contributed by atoms with Crippen molar-refractivity contribution in [1.82, 2.24) is 4.90 Å². The van der Waals surface area contributed by atoms with E-state index in [-0.39, 0.29) is 17.6 Å². The predicted octanol–water partition coefficient (Wildman–Crippen LogP) is 2.20. The summed E-state index contributed by atoms with van der Waals surface area (Å²) in [6.45, 7) is 4.16. The van der Waals surface area contributed by atoms with Crippen molar-refractivity contribution in [3.05, 3.63) is 35.6 Å². The number of rotatable bonds is 5. The van der Waals surface area contributed by atoms with Gasteiger partial charge >= 0.3 is 0 Å². The van der Waals surface area contributed by atoms with Crippen LogP contribution >= 0.6 is 0 Å². The Balaban J connectivity index is 1.84. The SMILES string of the molecule is CC(CCc1ccccc1F)C(=O)N1CCC(CN)C1. The zero-order valence-electron chi connectivity index (χ0n) is 12.0. The average Bonchev–Trinajstić information content (AvgIpc) is 2.94. The van der Waals surface area contributed by atoms with Gasteiger partial charge < -0.3 is 10.6 Å². The Morgan fingerprint density at radius 3 is 2.90 bits per heavy atom. The summed E-state index contributed by atoms with van der Waals surface area (Å²) in [5.74, 6) is 0.373. The highest BCUT2D eigenvalue weighted by Crippen LogP contribution is 2.20. The lowest BCUT2D eigenvalue weighted by molar-refractivity contribution is -0.134. The molecule has 2 rings (SSSR count). The average molecular weight is 278 g/mol. The molecular formula is C16H23FN2O. The fourth-order valence-corrected chi connectivity index (χ4v) is 2.73. The summed E-state index contributed by atoms with van der Waals surface area (Å²) in [5.41, 5.74) is 6.33. The molecule has 2 atom stereocenters. The maximum Gasteiger partial charge on any atom is 0.225 e. The molecule has 2 unspecified atom stereocenters. The van der Waals surface area contributed by atoms with Crippen molar-refractivity contribution < 1.29 is 9.18 Å². The lowest BCUT2D eigenvalue weighted by atomic mass is 9.99. The molecule has 2 N–H and O–H groups in total. The number of amides is 1. The van der Waals surface area contributed by atoms with E-state index in [4.69, 9.17) is 5.73 Å². The number of nitrogens with zero attached hydrogens (tertiary/aromatic N) is 1. The molecule has 1 heterocycles. The van der Waals surface area contributed by atoms with Crippen molar-refractivity contribution in [2.45, 2.75) is 26.2 Å². The van der Waals surface area contributed by atoms with Crippen LogP contribution in [0.1, 0.15) is 25.3 Å². The van der Waals surface area contributed by atoms with Crippen molar-refractivity contribution in [3.8, 4) is 0 Å². The molecule has 110 valence electrons. The minimum absolute atomic E-state index is 0.0638. The summed E-state index contributed by atoms with van der Waals surface area (Å²) in [6, 6.07) is 6.77. The Morgan fingerprint density at radius 1 is 1.50 bits per heavy atom. The van der Waals surface area contributed by atoms with Crippen LogP contribution in [0.4, 0.5) is 4.39 Å². The molecule has 3 nitrogen and oxygen atoms in total. The third kappa shape index (κ3) is 3.57. The first-order valence-corrected chi connectivity index (χ1v) is 7.34. The molecule has 1 saturated heterocycles. The summed E-state index contributed by atoms with van der Waals surface area (Å²) in [6.07, 6.45) is 2.29. The number of likely N-dealkylation sites (tertiary alicyclic amines) is 1. The normalized spacial score (nSPS) is 20.1. The molecule has 1 aliphatic rings. The number of carbonyl (C=O) groups excluding carboxylic acids is 1. The van der Waals surface area contributed by atoms with Gasteiger partial charge in [0.05, 0.1) is 0 Å². The summed E-state index contributed by atoms with van der Waals surface area (Å²) in [5, 5.41) is 0. The Morgan fingerprint density at radius 2 is 2.25 bits per heavy atom. The quantitative estimate of drug-likeness (QED) is 0.897. The number of aryl methyl sites for hydroxylation is 1. The van der Waals surface area contributed by atoms with E-state index in [2.05, 4.69) is 0 Å². The van der Waals surface area contributed by atoms with E-state index in [0.29, 0.717) is 30.9 Å². The summed E-state index contributed by atoms with van der Waals surface area (Å²) in [4.78, 5) is 14.2. The van der Waals surface area contributed by atoms with Crippen LogP contribution in [0.5, 0.6) is 0 Å². The minimum Gasteiger partial charge on any atom is -0.342 e. The Kier molecular flexibility index (Phi) is 5.12. The van der Waals surface area contributed by atoms with E-state index >= 15 is 0 Å². The van der Waals surface area contributed by atoms with Crippen LogP contribution in [0.15, 0.2) is 24.3 Å². The van der Waals surface area contributed by atoms with Gasteiger partial charge in [0.25, 0.3) is 0 Å². The number of carbonyl (C=O) groups is 1. The number of halogens is 1. The van der Waals surface area contributed by atoms with E-state index < -0.39 is 0 Å². The Labute approximate surface area is 120 Å². The molecule has 0 radical (unpaired) electrons. The third-order valence-corrected chi connectivity index (χ3v) is 4.16. The molecule has 0 aliphatic carbocycles. The van der Waals surface area contributed by atoms with Gasteiger partial charge in [-0.25, -0.2) is 4.39 Å². The van der Waals surface area contributed by atoms with Crippen LogP contribution in [-0.2, 0) is 11.2 Å². The van der Waals surface area contributed by atoms with Crippen molar-refractivity contribution in [2.75, 3.05) is 19.6 Å². The van der Waals surface area contributed by atoms with Gasteiger partial charge in [0.15, 0.2) is 0 Å². The molecule has 0 bridgehead atoms. The van der Waals surface area contributed by atoms with E-state index in [9.17, 15) is 9.18 Å². The van der Waals surface area contributed by atoms with Crippen LogP contribution in [0.2, 0.25) is 0 Å². The molecule has 1 amide bonds. The molecular weight excluding hydrogens is 255 g/mol. The second-order valence-electron chi connectivity index (χ2n) is 5.71. The summed E-state index contributed by atoms with van der Waals surface area (Å²) in [7, 11) is 0. The van der Waals surface area contributed by atoms with Gasteiger partial charge in [0, 0.05) is 19.0 Å². The molecule has 0 saturated carbocycles. The van der Waals surface area contributed by atoms with Crippen LogP contribution in [0.25, 0.3) is 0 Å². The summed E-state index contributed by atoms with van der Waals surface area (Å²) < 4.78 is 13.5. The smallest absolute Gasteiger partial charge is 0.225 e. The second kappa shape index (κ2) is 6.84. The van der Waals surface area contributed by atoms with Crippen LogP contribution < -0.4 is 5.73 Å². The van der Waals surface area contributed by atoms with Gasteiger partial charge in [-0.2, -0.15) is 0 Å². The fourth-order valence-electron chi connectivity index (χ4n) is 2.73. The molecule has 1 aromatic rings. The van der Waals surface area contributed by atoms with Gasteiger partial charge in [0.2, 0.25) is 5.91 Å². The molecule has 1 aliphatic heterocycles. The largest absolute Gasteiger partial charge is 0.342 e. The topological polar surface area (TPSA) is 46.3 Å². The van der Waals surface area contributed by atoms with E-state index in [1.807, 2.05) is 17.9 Å². The maximum absolute atomic E-state index is 13.5. The van der Waals surface area contributed by atoms with Crippen molar-refractivity contribution in [1.29, 1.82) is 0 Å². The van der Waals surface area contributed by atoms with E-state index in [1.54, 1.807) is 12.1 Å². The lowest BCUT2D eigenvalue weighted by Gasteiger charge is -2.21. The highest BCUT2D eigenvalue weighted by atomic mass is 19.1. The zero-order chi connectivity index (χ0) is 14.5. The zero-order valence-corrected chi connectivity index (χ0v) is 12.0. The van der Waals surface area contributed by atoms with Crippen LogP contribution in [0, 0.1) is 17.7 Å². The Hall–Kier alpha value is -1.42. The Bertz CT molecular complexity index is 464. The number of hydrogen-bond donors (Lipinski definition) is 1. The standard InChI is InChI=1S/C16H23FN2O/c1-12(6-7-14-4-2-3-5-15(14)17)16(20)19-9-8-13(10-18)11-19/h2-5,12-13H,6-11,18H2,1H3. The number of nitrogens with two attached hydrogens (primary N) is 1. The highest BCUT2D eigenvalue weighted by molar-refractivity contribution is 5.78. The van der Waals surface area contributed by atoms with E-state index in [1.165, 1.54) is 6.07 Å². The van der Waals surface area contributed by atoms with Crippen molar-refractivity contribution in [2.24, 2.45) is 17.6 Å². The first-order valence-electron chi connectivity index (χ1n) is 7.34. The molecule has 1 aromatic carbocycles. The summed E-state index contributed by atoms with van der Waals surface area (Å²) >= 11 is 0. The van der Waals surface area contributed by atoms with Crippen LogP contribution in [0.3, 0.4) is 0 Å². The van der Waals surface area contributed by atoms with Crippen molar-refractivity contribution in [3.63, 3.8) is 0 Å². The minimum atomic E-state index is -0.184. The van der Waals surface area contributed by atoms with Gasteiger partial charge in [-0.05, 0) is 43.4 Å². The molecule has 1 fully saturated rings. The second-order valence-corrected chi connectivity index (χ2v) is 5.71. The molecule has 0 aromatic heterocycles. The molecule has 4 heteroatoms. The fraction of sp³-hybridized carbons (Fsp3) is 0.562. The molecule has 20 heavy (non-hydrogen) atoms. The maximum atomic E-state index is 13.5. The number of benzene rings is 1.